The molecule has 6 N–H and O–H groups in total. The molecule has 36 heavy (non-hydrogen) atoms. The van der Waals surface area contributed by atoms with E-state index >= 15 is 0 Å². The summed E-state index contributed by atoms with van der Waals surface area (Å²) in [5.41, 5.74) is -1.04. The van der Waals surface area contributed by atoms with Gasteiger partial charge in [0.25, 0.3) is 0 Å². The van der Waals surface area contributed by atoms with Crippen molar-refractivity contribution in [3.05, 3.63) is 58.7 Å². The Morgan fingerprint density at radius 1 is 0.528 bits per heavy atom. The fourth-order valence-corrected chi connectivity index (χ4v) is 3.28. The lowest BCUT2D eigenvalue weighted by atomic mass is 10.1. The number of carbonyl (C=O) groups is 6. The summed E-state index contributed by atoms with van der Waals surface area (Å²) in [6.45, 7) is 0. The summed E-state index contributed by atoms with van der Waals surface area (Å²) in [6.07, 6.45) is 2.09. The van der Waals surface area contributed by atoms with Crippen LogP contribution in [0.3, 0.4) is 0 Å². The van der Waals surface area contributed by atoms with Crippen LogP contribution in [0.4, 0.5) is 11.4 Å². The van der Waals surface area contributed by atoms with Crippen molar-refractivity contribution in [1.82, 2.24) is 0 Å². The maximum absolute atomic E-state index is 12.2. The van der Waals surface area contributed by atoms with E-state index in [1.807, 2.05) is 0 Å². The van der Waals surface area contributed by atoms with E-state index in [-0.39, 0.29) is 46.5 Å². The minimum atomic E-state index is -1.31. The SMILES string of the molecule is O=C(CCCCCCC(=O)Nc1cc(C(=O)O)ccc1C(=O)O)Nc1cc(C(=O)O)ccc1C(=O)O. The van der Waals surface area contributed by atoms with E-state index in [0.717, 1.165) is 36.4 Å². The molecule has 0 atom stereocenters. The monoisotopic (exact) mass is 500 g/mol. The molecule has 0 spiro atoms. The highest BCUT2D eigenvalue weighted by molar-refractivity contribution is 6.03. The van der Waals surface area contributed by atoms with Gasteiger partial charge in [0.1, 0.15) is 0 Å². The summed E-state index contributed by atoms with van der Waals surface area (Å²) in [5.74, 6) is -6.13. The molecule has 2 amide bonds. The molecule has 2 aromatic carbocycles. The van der Waals surface area contributed by atoms with Gasteiger partial charge >= 0.3 is 23.9 Å². The summed E-state index contributed by atoms with van der Waals surface area (Å²) in [5, 5.41) is 41.4. The summed E-state index contributed by atoms with van der Waals surface area (Å²) in [7, 11) is 0. The smallest absolute Gasteiger partial charge is 0.337 e. The van der Waals surface area contributed by atoms with Crippen molar-refractivity contribution in [1.29, 1.82) is 0 Å². The third-order valence-corrected chi connectivity index (χ3v) is 5.10. The van der Waals surface area contributed by atoms with Crippen LogP contribution in [-0.4, -0.2) is 56.1 Å². The zero-order chi connectivity index (χ0) is 26.8. The predicted molar refractivity (Wildman–Crippen MR) is 126 cm³/mol. The minimum absolute atomic E-state index is 0.0481. The number of carboxylic acids is 4. The van der Waals surface area contributed by atoms with Crippen LogP contribution in [0.25, 0.3) is 0 Å². The summed E-state index contributed by atoms with van der Waals surface area (Å²) in [6, 6.07) is 6.61. The second-order valence-electron chi connectivity index (χ2n) is 7.75. The van der Waals surface area contributed by atoms with E-state index in [4.69, 9.17) is 10.2 Å². The number of hydrogen-bond donors (Lipinski definition) is 6. The Morgan fingerprint density at radius 3 is 1.19 bits per heavy atom. The van der Waals surface area contributed by atoms with Gasteiger partial charge in [-0.05, 0) is 49.2 Å². The van der Waals surface area contributed by atoms with Crippen LogP contribution in [-0.2, 0) is 9.59 Å². The van der Waals surface area contributed by atoms with E-state index in [2.05, 4.69) is 10.6 Å². The van der Waals surface area contributed by atoms with Crippen molar-refractivity contribution in [2.45, 2.75) is 38.5 Å². The molecule has 0 heterocycles. The maximum Gasteiger partial charge on any atom is 0.337 e. The normalized spacial score (nSPS) is 10.3. The molecule has 0 aromatic heterocycles. The summed E-state index contributed by atoms with van der Waals surface area (Å²) >= 11 is 0. The summed E-state index contributed by atoms with van der Waals surface area (Å²) in [4.78, 5) is 69.1. The third kappa shape index (κ3) is 7.94. The van der Waals surface area contributed by atoms with Gasteiger partial charge in [0, 0.05) is 12.8 Å². The largest absolute Gasteiger partial charge is 0.478 e. The maximum atomic E-state index is 12.2. The zero-order valence-corrected chi connectivity index (χ0v) is 18.9. The van der Waals surface area contributed by atoms with Gasteiger partial charge in [0.15, 0.2) is 0 Å². The van der Waals surface area contributed by atoms with E-state index in [9.17, 15) is 39.0 Å². The number of carbonyl (C=O) groups excluding carboxylic acids is 2. The van der Waals surface area contributed by atoms with Crippen LogP contribution < -0.4 is 10.6 Å². The number of nitrogens with one attached hydrogen (secondary N) is 2. The summed E-state index contributed by atoms with van der Waals surface area (Å²) < 4.78 is 0. The second kappa shape index (κ2) is 12.6. The molecule has 12 heteroatoms. The van der Waals surface area contributed by atoms with Crippen LogP contribution in [0.15, 0.2) is 36.4 Å². The van der Waals surface area contributed by atoms with Crippen molar-refractivity contribution in [3.63, 3.8) is 0 Å². The first-order valence-corrected chi connectivity index (χ1v) is 10.8. The molecule has 0 saturated carbocycles. The van der Waals surface area contributed by atoms with Crippen molar-refractivity contribution in [3.8, 4) is 0 Å². The molecule has 0 unspecified atom stereocenters. The molecule has 0 aliphatic rings. The first kappa shape index (κ1) is 27.5. The number of rotatable bonds is 13. The topological polar surface area (TPSA) is 207 Å². The molecule has 0 aliphatic carbocycles. The Hall–Kier alpha value is -4.74. The van der Waals surface area contributed by atoms with E-state index < -0.39 is 35.7 Å². The first-order chi connectivity index (χ1) is 17.0. The Bertz CT molecular complexity index is 1110. The van der Waals surface area contributed by atoms with Gasteiger partial charge in [-0.15, -0.1) is 0 Å². The number of benzene rings is 2. The number of unbranched alkanes of at least 4 members (excludes halogenated alkanes) is 3. The van der Waals surface area contributed by atoms with Gasteiger partial charge in [0.2, 0.25) is 11.8 Å². The molecule has 0 aliphatic heterocycles. The predicted octanol–water partition coefficient (Wildman–Crippen LogP) is 3.40. The molecule has 0 fully saturated rings. The van der Waals surface area contributed by atoms with E-state index in [1.54, 1.807) is 0 Å². The highest BCUT2D eigenvalue weighted by Gasteiger charge is 2.17. The minimum Gasteiger partial charge on any atom is -0.478 e. The van der Waals surface area contributed by atoms with Crippen LogP contribution in [0, 0.1) is 0 Å². The average molecular weight is 500 g/mol. The van der Waals surface area contributed by atoms with Crippen LogP contribution in [0.1, 0.15) is 80.0 Å². The van der Waals surface area contributed by atoms with Gasteiger partial charge in [-0.2, -0.15) is 0 Å². The van der Waals surface area contributed by atoms with Crippen LogP contribution >= 0.6 is 0 Å². The van der Waals surface area contributed by atoms with Crippen LogP contribution in [0.5, 0.6) is 0 Å². The van der Waals surface area contributed by atoms with Gasteiger partial charge in [-0.1, -0.05) is 12.8 Å². The average Bonchev–Trinajstić information content (AvgIpc) is 2.80. The molecule has 0 saturated heterocycles. The third-order valence-electron chi connectivity index (χ3n) is 5.10. The Balaban J connectivity index is 1.79. The van der Waals surface area contributed by atoms with Crippen LogP contribution in [0.2, 0.25) is 0 Å². The Morgan fingerprint density at radius 2 is 0.889 bits per heavy atom. The molecule has 0 radical (unpaired) electrons. The highest BCUT2D eigenvalue weighted by Crippen LogP contribution is 2.20. The lowest BCUT2D eigenvalue weighted by Crippen LogP contribution is -2.15. The molecule has 12 nitrogen and oxygen atoms in total. The number of hydrogen-bond acceptors (Lipinski definition) is 6. The lowest BCUT2D eigenvalue weighted by Gasteiger charge is -2.10. The second-order valence-corrected chi connectivity index (χ2v) is 7.75. The lowest BCUT2D eigenvalue weighted by molar-refractivity contribution is -0.117. The molecule has 2 rings (SSSR count). The Kier molecular flexibility index (Phi) is 9.66. The Labute approximate surface area is 204 Å². The van der Waals surface area contributed by atoms with Gasteiger partial charge in [-0.3, -0.25) is 9.59 Å². The molecular formula is C24H24N2O10. The number of amides is 2. The fourth-order valence-electron chi connectivity index (χ4n) is 3.28. The molecule has 190 valence electrons. The molecule has 2 aromatic rings. The zero-order valence-electron chi connectivity index (χ0n) is 18.9. The van der Waals surface area contributed by atoms with E-state index in [0.29, 0.717) is 25.7 Å². The fraction of sp³-hybridized carbons (Fsp3) is 0.250. The van der Waals surface area contributed by atoms with Crippen molar-refractivity contribution in [2.75, 3.05) is 10.6 Å². The van der Waals surface area contributed by atoms with Gasteiger partial charge < -0.3 is 31.1 Å². The van der Waals surface area contributed by atoms with Gasteiger partial charge in [-0.25, -0.2) is 19.2 Å². The highest BCUT2D eigenvalue weighted by atomic mass is 16.4. The first-order valence-electron chi connectivity index (χ1n) is 10.8. The number of aromatic carboxylic acids is 4. The molecule has 0 bridgehead atoms. The van der Waals surface area contributed by atoms with Crippen molar-refractivity contribution >= 4 is 47.1 Å². The molecular weight excluding hydrogens is 476 g/mol. The van der Waals surface area contributed by atoms with Gasteiger partial charge in [0.05, 0.1) is 33.6 Å². The quantitative estimate of drug-likeness (QED) is 0.221. The van der Waals surface area contributed by atoms with E-state index in [1.165, 1.54) is 0 Å². The number of anilines is 2. The standard InChI is InChI=1S/C24H24N2O10/c27-19(25-17-11-13(21(29)30)7-9-15(17)23(33)34)5-3-1-2-4-6-20(28)26-18-12-14(22(31)32)8-10-16(18)24(35)36/h7-12H,1-6H2,(H,25,27)(H,26,28)(H,29,30)(H,31,32)(H,33,34)(H,35,36). The van der Waals surface area contributed by atoms with Crippen molar-refractivity contribution in [2.24, 2.45) is 0 Å². The van der Waals surface area contributed by atoms with Crippen molar-refractivity contribution < 1.29 is 49.2 Å². The number of carboxylic acid groups (broad SMARTS) is 4.